The number of pyridine rings is 1. The molecule has 4 rings (SSSR count). The monoisotopic (exact) mass is 444 g/mol. The smallest absolute Gasteiger partial charge is 0.252 e. The fraction of sp³-hybridized carbons (Fsp3) is 0.269. The Kier molecular flexibility index (Phi) is 6.31. The molecule has 1 N–H and O–H groups in total. The number of para-hydroxylation sites is 1. The van der Waals surface area contributed by atoms with Gasteiger partial charge < -0.3 is 14.8 Å². The summed E-state index contributed by atoms with van der Waals surface area (Å²) in [7, 11) is 3.23. The Morgan fingerprint density at radius 3 is 2.61 bits per heavy atom. The van der Waals surface area contributed by atoms with Gasteiger partial charge in [0, 0.05) is 28.8 Å². The first kappa shape index (κ1) is 22.3. The molecule has 0 aliphatic heterocycles. The number of benzene rings is 2. The highest BCUT2D eigenvalue weighted by Crippen LogP contribution is 2.31. The number of fused-ring (bicyclic) bond motifs is 1. The van der Waals surface area contributed by atoms with Gasteiger partial charge in [-0.25, -0.2) is 4.98 Å². The quantitative estimate of drug-likeness (QED) is 0.437. The number of ether oxygens (including phenoxy) is 2. The van der Waals surface area contributed by atoms with E-state index in [9.17, 15) is 4.79 Å². The lowest BCUT2D eigenvalue weighted by molar-refractivity contribution is 0.0941. The van der Waals surface area contributed by atoms with E-state index in [2.05, 4.69) is 10.4 Å². The number of amides is 1. The van der Waals surface area contributed by atoms with Crippen molar-refractivity contribution in [3.63, 3.8) is 0 Å². The number of methoxy groups -OCH3 is 2. The van der Waals surface area contributed by atoms with Gasteiger partial charge in [0.25, 0.3) is 5.91 Å². The zero-order valence-corrected chi connectivity index (χ0v) is 19.5. The van der Waals surface area contributed by atoms with Crippen molar-refractivity contribution in [2.75, 3.05) is 14.2 Å². The van der Waals surface area contributed by atoms with E-state index in [0.717, 1.165) is 40.0 Å². The average molecular weight is 445 g/mol. The van der Waals surface area contributed by atoms with E-state index in [-0.39, 0.29) is 11.9 Å². The third-order valence-electron chi connectivity index (χ3n) is 5.89. The SMILES string of the molecule is CCn1ncc(-c2cc(C(=O)NC(C)c3cc(OC)ccc3OC)c3ccccc3n2)c1C. The van der Waals surface area contributed by atoms with Crippen molar-refractivity contribution in [3.8, 4) is 22.8 Å². The molecule has 4 aromatic rings. The van der Waals surface area contributed by atoms with E-state index < -0.39 is 0 Å². The number of nitrogens with one attached hydrogen (secondary N) is 1. The predicted molar refractivity (Wildman–Crippen MR) is 129 cm³/mol. The van der Waals surface area contributed by atoms with E-state index in [1.165, 1.54) is 0 Å². The highest BCUT2D eigenvalue weighted by atomic mass is 16.5. The van der Waals surface area contributed by atoms with Crippen LogP contribution >= 0.6 is 0 Å². The molecule has 0 spiro atoms. The first-order valence-corrected chi connectivity index (χ1v) is 10.9. The maximum absolute atomic E-state index is 13.5. The van der Waals surface area contributed by atoms with Gasteiger partial charge in [-0.2, -0.15) is 5.10 Å². The third-order valence-corrected chi connectivity index (χ3v) is 5.89. The minimum atomic E-state index is -0.303. The van der Waals surface area contributed by atoms with E-state index >= 15 is 0 Å². The lowest BCUT2D eigenvalue weighted by atomic mass is 10.0. The number of hydrogen-bond donors (Lipinski definition) is 1. The van der Waals surface area contributed by atoms with Crippen LogP contribution in [0.4, 0.5) is 0 Å². The Bertz CT molecular complexity index is 1310. The normalized spacial score (nSPS) is 11.9. The van der Waals surface area contributed by atoms with Crippen LogP contribution in [0, 0.1) is 6.92 Å². The summed E-state index contributed by atoms with van der Waals surface area (Å²) in [5, 5.41) is 8.35. The molecule has 7 nitrogen and oxygen atoms in total. The van der Waals surface area contributed by atoms with Crippen LogP contribution in [0.5, 0.6) is 11.5 Å². The zero-order valence-electron chi connectivity index (χ0n) is 19.5. The summed E-state index contributed by atoms with van der Waals surface area (Å²) in [5.41, 5.74) is 4.81. The Hall–Kier alpha value is -3.87. The number of aromatic nitrogens is 3. The van der Waals surface area contributed by atoms with Gasteiger partial charge in [-0.05, 0) is 51.1 Å². The van der Waals surface area contributed by atoms with E-state index in [0.29, 0.717) is 17.1 Å². The molecule has 2 heterocycles. The number of carbonyl (C=O) groups is 1. The van der Waals surface area contributed by atoms with Crippen LogP contribution < -0.4 is 14.8 Å². The Morgan fingerprint density at radius 1 is 1.12 bits per heavy atom. The molecule has 0 fully saturated rings. The standard InChI is InChI=1S/C26H28N4O3/c1-6-30-17(3)22(15-27-30)24-14-21(19-9-7-8-10-23(19)29-24)26(31)28-16(2)20-13-18(32-4)11-12-25(20)33-5/h7-16H,6H2,1-5H3,(H,28,31). The van der Waals surface area contributed by atoms with Crippen molar-refractivity contribution in [2.24, 2.45) is 0 Å². The minimum absolute atomic E-state index is 0.187. The number of rotatable bonds is 7. The largest absolute Gasteiger partial charge is 0.497 e. The van der Waals surface area contributed by atoms with Crippen molar-refractivity contribution in [1.82, 2.24) is 20.1 Å². The van der Waals surface area contributed by atoms with Gasteiger partial charge in [-0.1, -0.05) is 18.2 Å². The van der Waals surface area contributed by atoms with E-state index in [1.807, 2.05) is 74.0 Å². The molecule has 0 bridgehead atoms. The van der Waals surface area contributed by atoms with Crippen LogP contribution in [0.25, 0.3) is 22.2 Å². The third kappa shape index (κ3) is 4.26. The van der Waals surface area contributed by atoms with Crippen molar-refractivity contribution >= 4 is 16.8 Å². The van der Waals surface area contributed by atoms with Gasteiger partial charge in [0.1, 0.15) is 11.5 Å². The van der Waals surface area contributed by atoms with Crippen LogP contribution in [0.15, 0.2) is 54.7 Å². The van der Waals surface area contributed by atoms with Crippen molar-refractivity contribution in [2.45, 2.75) is 33.4 Å². The molecule has 0 saturated heterocycles. The Labute approximate surface area is 193 Å². The topological polar surface area (TPSA) is 78.3 Å². The molecule has 0 aliphatic rings. The summed E-state index contributed by atoms with van der Waals surface area (Å²) >= 11 is 0. The second-order valence-electron chi connectivity index (χ2n) is 7.83. The summed E-state index contributed by atoms with van der Waals surface area (Å²) in [6, 6.07) is 14.8. The molecule has 1 amide bonds. The number of nitrogens with zero attached hydrogens (tertiary/aromatic N) is 3. The molecule has 0 radical (unpaired) electrons. The van der Waals surface area contributed by atoms with Crippen LogP contribution in [-0.2, 0) is 6.54 Å². The summed E-state index contributed by atoms with van der Waals surface area (Å²) in [6.07, 6.45) is 1.81. The zero-order chi connectivity index (χ0) is 23.5. The van der Waals surface area contributed by atoms with Gasteiger partial charge in [-0.3, -0.25) is 9.48 Å². The van der Waals surface area contributed by atoms with E-state index in [1.54, 1.807) is 20.4 Å². The second-order valence-corrected chi connectivity index (χ2v) is 7.83. The summed E-state index contributed by atoms with van der Waals surface area (Å²) in [4.78, 5) is 18.3. The first-order valence-electron chi connectivity index (χ1n) is 10.9. The van der Waals surface area contributed by atoms with Crippen LogP contribution in [0.3, 0.4) is 0 Å². The molecule has 0 saturated carbocycles. The molecule has 1 unspecified atom stereocenters. The lowest BCUT2D eigenvalue weighted by Crippen LogP contribution is -2.27. The number of hydrogen-bond acceptors (Lipinski definition) is 5. The molecule has 7 heteroatoms. The van der Waals surface area contributed by atoms with Gasteiger partial charge in [0.05, 0.1) is 43.2 Å². The van der Waals surface area contributed by atoms with Gasteiger partial charge in [0.15, 0.2) is 0 Å². The minimum Gasteiger partial charge on any atom is -0.497 e. The van der Waals surface area contributed by atoms with Crippen LogP contribution in [0.1, 0.15) is 41.5 Å². The van der Waals surface area contributed by atoms with Gasteiger partial charge in [-0.15, -0.1) is 0 Å². The molecule has 0 aliphatic carbocycles. The number of carbonyl (C=O) groups excluding carboxylic acids is 1. The summed E-state index contributed by atoms with van der Waals surface area (Å²) in [5.74, 6) is 1.20. The summed E-state index contributed by atoms with van der Waals surface area (Å²) < 4.78 is 12.8. The molecule has 2 aromatic carbocycles. The molecule has 2 aromatic heterocycles. The Balaban J connectivity index is 1.74. The van der Waals surface area contributed by atoms with Gasteiger partial charge in [0.2, 0.25) is 0 Å². The second kappa shape index (κ2) is 9.32. The number of aryl methyl sites for hydroxylation is 1. The fourth-order valence-corrected chi connectivity index (χ4v) is 4.05. The predicted octanol–water partition coefficient (Wildman–Crippen LogP) is 4.93. The maximum Gasteiger partial charge on any atom is 0.252 e. The van der Waals surface area contributed by atoms with Crippen molar-refractivity contribution < 1.29 is 14.3 Å². The highest BCUT2D eigenvalue weighted by Gasteiger charge is 2.20. The van der Waals surface area contributed by atoms with Crippen molar-refractivity contribution in [3.05, 3.63) is 71.5 Å². The molecular formula is C26H28N4O3. The maximum atomic E-state index is 13.5. The lowest BCUT2D eigenvalue weighted by Gasteiger charge is -2.19. The first-order chi connectivity index (χ1) is 16.0. The molecule has 170 valence electrons. The average Bonchev–Trinajstić information content (AvgIpc) is 3.22. The fourth-order valence-electron chi connectivity index (χ4n) is 4.05. The van der Waals surface area contributed by atoms with Crippen LogP contribution in [0.2, 0.25) is 0 Å². The molecular weight excluding hydrogens is 416 g/mol. The molecule has 33 heavy (non-hydrogen) atoms. The van der Waals surface area contributed by atoms with Crippen molar-refractivity contribution in [1.29, 1.82) is 0 Å². The molecule has 1 atom stereocenters. The highest BCUT2D eigenvalue weighted by molar-refractivity contribution is 6.07. The van der Waals surface area contributed by atoms with Crippen LogP contribution in [-0.4, -0.2) is 34.9 Å². The Morgan fingerprint density at radius 2 is 1.91 bits per heavy atom. The van der Waals surface area contributed by atoms with E-state index in [4.69, 9.17) is 14.5 Å². The van der Waals surface area contributed by atoms with Gasteiger partial charge >= 0.3 is 0 Å². The summed E-state index contributed by atoms with van der Waals surface area (Å²) in [6.45, 7) is 6.76.